The van der Waals surface area contributed by atoms with Gasteiger partial charge in [-0.25, -0.2) is 4.98 Å². The Morgan fingerprint density at radius 3 is 2.61 bits per heavy atom. The molecule has 0 radical (unpaired) electrons. The largest absolute Gasteiger partial charge is 0.508 e. The van der Waals surface area contributed by atoms with Crippen LogP contribution in [0.15, 0.2) is 72.8 Å². The molecule has 0 saturated carbocycles. The fraction of sp³-hybridized carbons (Fsp3) is 0. The second kappa shape index (κ2) is 5.60. The molecule has 0 atom stereocenters. The van der Waals surface area contributed by atoms with Gasteiger partial charge >= 0.3 is 0 Å². The molecule has 0 saturated heterocycles. The summed E-state index contributed by atoms with van der Waals surface area (Å²) in [6.07, 6.45) is 0. The van der Waals surface area contributed by atoms with E-state index in [1.165, 1.54) is 25.6 Å². The maximum atomic E-state index is 10.1. The van der Waals surface area contributed by atoms with Crippen LogP contribution < -0.4 is 5.46 Å². The van der Waals surface area contributed by atoms with Crippen molar-refractivity contribution < 1.29 is 5.11 Å². The molecule has 0 aliphatic rings. The standard InChI is InChI=1S/C23H15BN2OS/c24-13-5-8-18-17(11-13)15-7-6-14(27)12-19(15)26(18)22-10-9-21-23(25-22)16-3-1-2-4-20(16)28-21/h1-12,27H,24H2. The lowest BCUT2D eigenvalue weighted by atomic mass is 9.94. The average molecular weight is 378 g/mol. The fourth-order valence-electron chi connectivity index (χ4n) is 4.08. The summed E-state index contributed by atoms with van der Waals surface area (Å²) in [5.74, 6) is 1.13. The van der Waals surface area contributed by atoms with Crippen LogP contribution >= 0.6 is 11.3 Å². The number of phenolic OH excluding ortho intramolecular Hbond substituents is 1. The number of pyridine rings is 1. The Labute approximate surface area is 165 Å². The minimum Gasteiger partial charge on any atom is -0.508 e. The Kier molecular flexibility index (Phi) is 3.14. The maximum Gasteiger partial charge on any atom is 0.139 e. The van der Waals surface area contributed by atoms with Gasteiger partial charge in [-0.2, -0.15) is 0 Å². The van der Waals surface area contributed by atoms with Gasteiger partial charge in [0, 0.05) is 26.9 Å². The summed E-state index contributed by atoms with van der Waals surface area (Å²) in [7, 11) is 2.10. The Morgan fingerprint density at radius 1 is 0.786 bits per heavy atom. The number of nitrogens with zero attached hydrogens (tertiary/aromatic N) is 2. The highest BCUT2D eigenvalue weighted by molar-refractivity contribution is 7.25. The quantitative estimate of drug-likeness (QED) is 0.428. The molecule has 5 heteroatoms. The number of benzene rings is 3. The number of rotatable bonds is 1. The highest BCUT2D eigenvalue weighted by Crippen LogP contribution is 2.36. The zero-order valence-corrected chi connectivity index (χ0v) is 16.0. The number of hydrogen-bond acceptors (Lipinski definition) is 3. The number of thiophene rings is 1. The van der Waals surface area contributed by atoms with Crippen LogP contribution in [-0.2, 0) is 0 Å². The van der Waals surface area contributed by atoms with E-state index in [0.717, 1.165) is 27.8 Å². The third-order valence-corrected chi connectivity index (χ3v) is 6.47. The molecule has 132 valence electrons. The number of aromatic nitrogens is 2. The molecule has 6 aromatic rings. The summed E-state index contributed by atoms with van der Waals surface area (Å²) >= 11 is 1.77. The summed E-state index contributed by atoms with van der Waals surface area (Å²) in [4.78, 5) is 5.05. The maximum absolute atomic E-state index is 10.1. The number of aromatic hydroxyl groups is 1. The molecule has 0 aliphatic heterocycles. The van der Waals surface area contributed by atoms with Crippen LogP contribution in [0.4, 0.5) is 0 Å². The van der Waals surface area contributed by atoms with Crippen LogP contribution in [0.25, 0.3) is 47.9 Å². The van der Waals surface area contributed by atoms with Crippen LogP contribution in [0.2, 0.25) is 0 Å². The van der Waals surface area contributed by atoms with Crippen LogP contribution in [0, 0.1) is 0 Å². The summed E-state index contributed by atoms with van der Waals surface area (Å²) < 4.78 is 4.58. The Bertz CT molecular complexity index is 1550. The number of hydrogen-bond donors (Lipinski definition) is 1. The SMILES string of the molecule is Bc1ccc2c(c1)c1ccc(O)cc1n2-c1ccc2sc3ccccc3c2n1. The van der Waals surface area contributed by atoms with Crippen molar-refractivity contribution in [3.8, 4) is 11.6 Å². The van der Waals surface area contributed by atoms with E-state index in [-0.39, 0.29) is 5.75 Å². The van der Waals surface area contributed by atoms with Crippen molar-refractivity contribution in [3.05, 3.63) is 72.8 Å². The van der Waals surface area contributed by atoms with E-state index in [9.17, 15) is 5.11 Å². The molecule has 0 fully saturated rings. The first-order valence-electron chi connectivity index (χ1n) is 9.21. The highest BCUT2D eigenvalue weighted by atomic mass is 32.1. The minimum atomic E-state index is 0.260. The van der Waals surface area contributed by atoms with Crippen molar-refractivity contribution in [2.24, 2.45) is 0 Å². The summed E-state index contributed by atoms with van der Waals surface area (Å²) in [6.45, 7) is 0. The average Bonchev–Trinajstić information content (AvgIpc) is 3.22. The Morgan fingerprint density at radius 2 is 1.68 bits per heavy atom. The third kappa shape index (κ3) is 2.14. The van der Waals surface area contributed by atoms with E-state index in [1.807, 2.05) is 12.1 Å². The lowest BCUT2D eigenvalue weighted by Crippen LogP contribution is -2.01. The van der Waals surface area contributed by atoms with Gasteiger partial charge in [-0.3, -0.25) is 4.57 Å². The molecule has 28 heavy (non-hydrogen) atoms. The Balaban J connectivity index is 1.76. The third-order valence-electron chi connectivity index (χ3n) is 5.34. The molecule has 0 unspecified atom stereocenters. The van der Waals surface area contributed by atoms with Gasteiger partial charge in [-0.15, -0.1) is 11.3 Å². The van der Waals surface area contributed by atoms with Gasteiger partial charge in [0.1, 0.15) is 19.4 Å². The van der Waals surface area contributed by atoms with E-state index >= 15 is 0 Å². The first-order chi connectivity index (χ1) is 13.7. The molecule has 3 nitrogen and oxygen atoms in total. The normalized spacial score (nSPS) is 11.9. The minimum absolute atomic E-state index is 0.260. The van der Waals surface area contributed by atoms with Crippen molar-refractivity contribution in [3.63, 3.8) is 0 Å². The molecule has 0 aliphatic carbocycles. The zero-order chi connectivity index (χ0) is 18.8. The zero-order valence-electron chi connectivity index (χ0n) is 15.2. The topological polar surface area (TPSA) is 38.0 Å². The van der Waals surface area contributed by atoms with Gasteiger partial charge in [-0.05, 0) is 36.4 Å². The van der Waals surface area contributed by atoms with Crippen LogP contribution in [0.5, 0.6) is 5.75 Å². The van der Waals surface area contributed by atoms with Crippen LogP contribution in [0.1, 0.15) is 0 Å². The molecule has 0 amide bonds. The highest BCUT2D eigenvalue weighted by Gasteiger charge is 2.15. The van der Waals surface area contributed by atoms with Crippen LogP contribution in [0.3, 0.4) is 0 Å². The molecule has 0 bridgehead atoms. The van der Waals surface area contributed by atoms with Crippen molar-refractivity contribution >= 4 is 66.8 Å². The summed E-state index contributed by atoms with van der Waals surface area (Å²) in [6, 6.07) is 24.6. The molecular formula is C23H15BN2OS. The molecule has 1 N–H and O–H groups in total. The smallest absolute Gasteiger partial charge is 0.139 e. The van der Waals surface area contributed by atoms with Gasteiger partial charge in [0.05, 0.1) is 21.3 Å². The van der Waals surface area contributed by atoms with E-state index < -0.39 is 0 Å². The van der Waals surface area contributed by atoms with E-state index in [1.54, 1.807) is 17.4 Å². The fourth-order valence-corrected chi connectivity index (χ4v) is 5.12. The summed E-state index contributed by atoms with van der Waals surface area (Å²) in [5, 5.41) is 13.6. The Hall–Kier alpha value is -3.31. The van der Waals surface area contributed by atoms with Crippen molar-refractivity contribution in [1.82, 2.24) is 9.55 Å². The van der Waals surface area contributed by atoms with Gasteiger partial charge in [-0.1, -0.05) is 35.8 Å². The molecule has 3 heterocycles. The van der Waals surface area contributed by atoms with Crippen molar-refractivity contribution in [1.29, 1.82) is 0 Å². The van der Waals surface area contributed by atoms with Gasteiger partial charge < -0.3 is 5.11 Å². The second-order valence-corrected chi connectivity index (χ2v) is 8.26. The first-order valence-corrected chi connectivity index (χ1v) is 10.0. The molecular weight excluding hydrogens is 363 g/mol. The van der Waals surface area contributed by atoms with E-state index in [0.29, 0.717) is 0 Å². The second-order valence-electron chi connectivity index (χ2n) is 7.17. The summed E-state index contributed by atoms with van der Waals surface area (Å²) in [5.41, 5.74) is 4.30. The van der Waals surface area contributed by atoms with Gasteiger partial charge in [0.2, 0.25) is 0 Å². The van der Waals surface area contributed by atoms with Gasteiger partial charge in [0.25, 0.3) is 0 Å². The lowest BCUT2D eigenvalue weighted by molar-refractivity contribution is 0.476. The van der Waals surface area contributed by atoms with Crippen molar-refractivity contribution in [2.45, 2.75) is 0 Å². The van der Waals surface area contributed by atoms with Crippen molar-refractivity contribution in [2.75, 3.05) is 0 Å². The molecule has 0 spiro atoms. The number of phenols is 1. The molecule has 6 rings (SSSR count). The number of fused-ring (bicyclic) bond motifs is 6. The lowest BCUT2D eigenvalue weighted by Gasteiger charge is -2.07. The van der Waals surface area contributed by atoms with E-state index in [2.05, 4.69) is 67.0 Å². The first kappa shape index (κ1) is 15.7. The van der Waals surface area contributed by atoms with E-state index in [4.69, 9.17) is 4.98 Å². The monoisotopic (exact) mass is 378 g/mol. The molecule has 3 aromatic carbocycles. The molecule has 3 aromatic heterocycles. The van der Waals surface area contributed by atoms with Crippen LogP contribution in [-0.4, -0.2) is 22.5 Å². The predicted octanol–water partition coefficient (Wildman–Crippen LogP) is 4.51. The van der Waals surface area contributed by atoms with Gasteiger partial charge in [0.15, 0.2) is 0 Å². The predicted molar refractivity (Wildman–Crippen MR) is 121 cm³/mol.